The zero-order valence-corrected chi connectivity index (χ0v) is 12.3. The molecular weight excluding hydrogens is 180 g/mol. The molecule has 0 aromatic heterocycles. The van der Waals surface area contributed by atoms with Crippen LogP contribution in [0.2, 0.25) is 5.54 Å². The van der Waals surface area contributed by atoms with Gasteiger partial charge in [0, 0.05) is 0 Å². The smallest absolute Gasteiger partial charge is 0.148 e. The third-order valence-corrected chi connectivity index (χ3v) is 4.56. The molecule has 1 unspecified atom stereocenters. The summed E-state index contributed by atoms with van der Waals surface area (Å²) in [7, 11) is 0.828. The van der Waals surface area contributed by atoms with E-state index >= 15 is 0 Å². The minimum atomic E-state index is -0.132. The molecule has 12 heavy (non-hydrogen) atoms. The van der Waals surface area contributed by atoms with Crippen LogP contribution in [0.25, 0.3) is 0 Å². The molecule has 0 heterocycles. The number of hydrogen-bond acceptors (Lipinski definition) is 1. The van der Waals surface area contributed by atoms with Crippen LogP contribution in [0.1, 0.15) is 52.4 Å². The van der Waals surface area contributed by atoms with Crippen LogP contribution in [0.3, 0.4) is 0 Å². The first-order valence-electron chi connectivity index (χ1n) is 5.30. The Hall–Kier alpha value is 0.394. The standard InChI is InChI=1S/C9H24OSi2/c1-3-4-5-6-7-8-9(2)12-10-11/h9H,3-8,12H2,1-2,11H3. The largest absolute Gasteiger partial charge is 0.468 e. The summed E-state index contributed by atoms with van der Waals surface area (Å²) >= 11 is 0. The fourth-order valence-corrected chi connectivity index (χ4v) is 4.20. The van der Waals surface area contributed by atoms with Gasteiger partial charge < -0.3 is 4.12 Å². The van der Waals surface area contributed by atoms with Gasteiger partial charge in [-0.1, -0.05) is 52.4 Å². The van der Waals surface area contributed by atoms with Gasteiger partial charge in [-0.3, -0.25) is 0 Å². The highest BCUT2D eigenvalue weighted by atomic mass is 28.3. The second-order valence-corrected chi connectivity index (χ2v) is 7.80. The molecule has 0 aliphatic rings. The van der Waals surface area contributed by atoms with Crippen molar-refractivity contribution in [3.05, 3.63) is 0 Å². The van der Waals surface area contributed by atoms with Crippen molar-refractivity contribution < 1.29 is 4.12 Å². The topological polar surface area (TPSA) is 9.23 Å². The molecule has 0 aromatic rings. The van der Waals surface area contributed by atoms with Crippen molar-refractivity contribution >= 4 is 20.2 Å². The van der Waals surface area contributed by atoms with Crippen molar-refractivity contribution in [3.8, 4) is 0 Å². The van der Waals surface area contributed by atoms with Crippen LogP contribution in [-0.2, 0) is 4.12 Å². The molecule has 74 valence electrons. The highest BCUT2D eigenvalue weighted by Crippen LogP contribution is 2.14. The SMILES string of the molecule is CCCCCCCC(C)[SiH2]O[SiH3]. The van der Waals surface area contributed by atoms with E-state index in [1.165, 1.54) is 38.5 Å². The van der Waals surface area contributed by atoms with Gasteiger partial charge in [0.2, 0.25) is 0 Å². The van der Waals surface area contributed by atoms with Gasteiger partial charge in [0.25, 0.3) is 0 Å². The molecule has 0 rings (SSSR count). The van der Waals surface area contributed by atoms with Gasteiger partial charge >= 0.3 is 0 Å². The van der Waals surface area contributed by atoms with Crippen LogP contribution in [0.4, 0.5) is 0 Å². The van der Waals surface area contributed by atoms with Crippen molar-refractivity contribution in [2.45, 2.75) is 57.9 Å². The molecule has 0 aliphatic heterocycles. The third kappa shape index (κ3) is 8.49. The van der Waals surface area contributed by atoms with E-state index in [0.717, 1.165) is 16.0 Å². The number of hydrogen-bond donors (Lipinski definition) is 0. The monoisotopic (exact) mass is 204 g/mol. The molecule has 3 heteroatoms. The summed E-state index contributed by atoms with van der Waals surface area (Å²) in [5, 5.41) is 0. The van der Waals surface area contributed by atoms with Gasteiger partial charge in [0.05, 0.1) is 0 Å². The minimum Gasteiger partial charge on any atom is -0.468 e. The molecule has 0 spiro atoms. The second-order valence-electron chi connectivity index (χ2n) is 3.76. The maximum Gasteiger partial charge on any atom is 0.148 e. The Morgan fingerprint density at radius 2 is 1.92 bits per heavy atom. The Morgan fingerprint density at radius 1 is 1.25 bits per heavy atom. The van der Waals surface area contributed by atoms with Crippen LogP contribution < -0.4 is 0 Å². The lowest BCUT2D eigenvalue weighted by Crippen LogP contribution is -2.02. The fourth-order valence-electron chi connectivity index (χ4n) is 1.46. The Labute approximate surface area is 82.8 Å². The molecule has 0 aliphatic carbocycles. The van der Waals surface area contributed by atoms with E-state index < -0.39 is 0 Å². The second kappa shape index (κ2) is 9.48. The fraction of sp³-hybridized carbons (Fsp3) is 1.00. The molecule has 0 bridgehead atoms. The minimum absolute atomic E-state index is 0.132. The van der Waals surface area contributed by atoms with Gasteiger partial charge in [-0.05, 0) is 5.54 Å². The molecule has 0 saturated carbocycles. The molecule has 0 N–H and O–H groups in total. The van der Waals surface area contributed by atoms with E-state index in [4.69, 9.17) is 4.12 Å². The predicted molar refractivity (Wildman–Crippen MR) is 62.4 cm³/mol. The first kappa shape index (κ1) is 12.4. The quantitative estimate of drug-likeness (QED) is 0.430. The number of unbranched alkanes of at least 4 members (excludes halogenated alkanes) is 4. The average molecular weight is 204 g/mol. The summed E-state index contributed by atoms with van der Waals surface area (Å²) < 4.78 is 5.36. The van der Waals surface area contributed by atoms with Crippen LogP contribution >= 0.6 is 0 Å². The molecule has 0 fully saturated rings. The normalized spacial score (nSPS) is 14.5. The lowest BCUT2D eigenvalue weighted by molar-refractivity contribution is 0.572. The van der Waals surface area contributed by atoms with E-state index in [0.29, 0.717) is 0 Å². The van der Waals surface area contributed by atoms with Gasteiger partial charge in [0.1, 0.15) is 20.2 Å². The molecule has 0 saturated heterocycles. The van der Waals surface area contributed by atoms with E-state index in [9.17, 15) is 0 Å². The Balaban J connectivity index is 2.97. The Morgan fingerprint density at radius 3 is 2.50 bits per heavy atom. The van der Waals surface area contributed by atoms with Crippen molar-refractivity contribution in [2.75, 3.05) is 0 Å². The van der Waals surface area contributed by atoms with Crippen LogP contribution in [0.15, 0.2) is 0 Å². The van der Waals surface area contributed by atoms with E-state index in [1.807, 2.05) is 0 Å². The van der Waals surface area contributed by atoms with E-state index in [-0.39, 0.29) is 9.76 Å². The summed E-state index contributed by atoms with van der Waals surface area (Å²) in [6.07, 6.45) is 8.49. The lowest BCUT2D eigenvalue weighted by atomic mass is 10.1. The lowest BCUT2D eigenvalue weighted by Gasteiger charge is -2.08. The highest BCUT2D eigenvalue weighted by molar-refractivity contribution is 6.35. The third-order valence-electron chi connectivity index (χ3n) is 2.25. The van der Waals surface area contributed by atoms with E-state index in [1.54, 1.807) is 0 Å². The van der Waals surface area contributed by atoms with Crippen LogP contribution in [-0.4, -0.2) is 20.2 Å². The molecular formula is C9H24OSi2. The van der Waals surface area contributed by atoms with Crippen molar-refractivity contribution in [3.63, 3.8) is 0 Å². The Bertz CT molecular complexity index is 88.6. The number of rotatable bonds is 8. The summed E-state index contributed by atoms with van der Waals surface area (Å²) in [5.41, 5.74) is 0.920. The average Bonchev–Trinajstić information content (AvgIpc) is 2.05. The summed E-state index contributed by atoms with van der Waals surface area (Å²) in [5.74, 6) is 0. The highest BCUT2D eigenvalue weighted by Gasteiger charge is 2.00. The Kier molecular flexibility index (Phi) is 9.79. The zero-order valence-electron chi connectivity index (χ0n) is 8.94. The maximum atomic E-state index is 5.36. The van der Waals surface area contributed by atoms with Crippen molar-refractivity contribution in [1.29, 1.82) is 0 Å². The first-order chi connectivity index (χ1) is 5.81. The van der Waals surface area contributed by atoms with Crippen molar-refractivity contribution in [1.82, 2.24) is 0 Å². The molecule has 0 radical (unpaired) electrons. The predicted octanol–water partition coefficient (Wildman–Crippen LogP) is 1.54. The van der Waals surface area contributed by atoms with Gasteiger partial charge in [-0.25, -0.2) is 0 Å². The maximum absolute atomic E-state index is 5.36. The zero-order chi connectivity index (χ0) is 9.23. The van der Waals surface area contributed by atoms with Crippen LogP contribution in [0, 0.1) is 0 Å². The summed E-state index contributed by atoms with van der Waals surface area (Å²) in [6, 6.07) is 0. The van der Waals surface area contributed by atoms with E-state index in [2.05, 4.69) is 13.8 Å². The van der Waals surface area contributed by atoms with Gasteiger partial charge in [-0.15, -0.1) is 0 Å². The van der Waals surface area contributed by atoms with Crippen molar-refractivity contribution in [2.24, 2.45) is 0 Å². The van der Waals surface area contributed by atoms with Gasteiger partial charge in [-0.2, -0.15) is 0 Å². The molecule has 0 aromatic carbocycles. The van der Waals surface area contributed by atoms with Gasteiger partial charge in [0.15, 0.2) is 0 Å². The van der Waals surface area contributed by atoms with Crippen LogP contribution in [0.5, 0.6) is 0 Å². The summed E-state index contributed by atoms with van der Waals surface area (Å²) in [4.78, 5) is 0. The molecule has 1 nitrogen and oxygen atoms in total. The molecule has 0 amide bonds. The first-order valence-corrected chi connectivity index (χ1v) is 7.51. The summed E-state index contributed by atoms with van der Waals surface area (Å²) in [6.45, 7) is 4.62. The molecule has 1 atom stereocenters.